The number of likely N-dealkylation sites (tertiary alicyclic amines) is 1. The first-order valence-corrected chi connectivity index (χ1v) is 8.73. The molecule has 1 atom stereocenters. The number of carboxylic acid groups (broad SMARTS) is 1. The van der Waals surface area contributed by atoms with Gasteiger partial charge >= 0.3 is 5.97 Å². The van der Waals surface area contributed by atoms with Crippen LogP contribution in [0.3, 0.4) is 0 Å². The zero-order valence-electron chi connectivity index (χ0n) is 13.6. The van der Waals surface area contributed by atoms with Crippen LogP contribution in [0, 0.1) is 5.41 Å². The van der Waals surface area contributed by atoms with Gasteiger partial charge in [0.25, 0.3) is 5.91 Å². The summed E-state index contributed by atoms with van der Waals surface area (Å²) in [6.07, 6.45) is 1.21. The van der Waals surface area contributed by atoms with Crippen molar-refractivity contribution in [1.82, 2.24) is 10.2 Å². The fraction of sp³-hybridized carbons (Fsp3) is 0.562. The predicted molar refractivity (Wildman–Crippen MR) is 89.0 cm³/mol. The molecule has 0 aliphatic carbocycles. The summed E-state index contributed by atoms with van der Waals surface area (Å²) in [4.78, 5) is 37.0. The monoisotopic (exact) mass is 354 g/mol. The number of hydrogen-bond acceptors (Lipinski definition) is 5. The Kier molecular flexibility index (Phi) is 6.33. The number of thiophene rings is 1. The second kappa shape index (κ2) is 8.25. The number of nitrogens with zero attached hydrogens (tertiary/aromatic N) is 1. The molecule has 2 heterocycles. The Morgan fingerprint density at radius 3 is 2.88 bits per heavy atom. The van der Waals surface area contributed by atoms with Crippen molar-refractivity contribution in [2.45, 2.75) is 19.3 Å². The molecule has 7 nitrogen and oxygen atoms in total. The van der Waals surface area contributed by atoms with Gasteiger partial charge in [0.15, 0.2) is 0 Å². The first-order valence-electron chi connectivity index (χ1n) is 7.79. The highest BCUT2D eigenvalue weighted by Crippen LogP contribution is 2.31. The second-order valence-electron chi connectivity index (χ2n) is 5.96. The predicted octanol–water partition coefficient (Wildman–Crippen LogP) is 1.21. The summed E-state index contributed by atoms with van der Waals surface area (Å²) in [5.41, 5.74) is -0.380. The van der Waals surface area contributed by atoms with Crippen molar-refractivity contribution in [3.8, 4) is 0 Å². The van der Waals surface area contributed by atoms with Crippen LogP contribution in [-0.2, 0) is 14.3 Å². The number of ether oxygens (including phenoxy) is 1. The van der Waals surface area contributed by atoms with Gasteiger partial charge in [0.1, 0.15) is 5.41 Å². The number of rotatable bonds is 8. The van der Waals surface area contributed by atoms with Crippen molar-refractivity contribution in [3.05, 3.63) is 22.4 Å². The number of aliphatic carboxylic acids is 1. The third-order valence-electron chi connectivity index (χ3n) is 4.22. The topological polar surface area (TPSA) is 95.9 Å². The van der Waals surface area contributed by atoms with Crippen molar-refractivity contribution < 1.29 is 24.2 Å². The lowest BCUT2D eigenvalue weighted by Crippen LogP contribution is -2.40. The Bertz CT molecular complexity index is 589. The molecule has 1 fully saturated rings. The number of carboxylic acids is 1. The summed E-state index contributed by atoms with van der Waals surface area (Å²) in [6, 6.07) is 1.75. The number of nitrogens with one attached hydrogen (secondary N) is 1. The summed E-state index contributed by atoms with van der Waals surface area (Å²) in [5.74, 6) is -1.16. The Hall–Kier alpha value is -1.93. The summed E-state index contributed by atoms with van der Waals surface area (Å²) >= 11 is 1.46. The Morgan fingerprint density at radius 1 is 1.46 bits per heavy atom. The normalized spacial score (nSPS) is 20.1. The quantitative estimate of drug-likeness (QED) is 0.684. The van der Waals surface area contributed by atoms with Crippen LogP contribution in [0.25, 0.3) is 0 Å². The fourth-order valence-corrected chi connectivity index (χ4v) is 3.45. The first-order chi connectivity index (χ1) is 11.5. The maximum absolute atomic E-state index is 12.2. The fourth-order valence-electron chi connectivity index (χ4n) is 2.81. The third kappa shape index (κ3) is 4.33. The maximum atomic E-state index is 12.2. The van der Waals surface area contributed by atoms with E-state index in [0.717, 1.165) is 0 Å². The lowest BCUT2D eigenvalue weighted by molar-refractivity contribution is -0.151. The van der Waals surface area contributed by atoms with E-state index < -0.39 is 11.4 Å². The maximum Gasteiger partial charge on any atom is 0.313 e. The molecule has 0 bridgehead atoms. The van der Waals surface area contributed by atoms with E-state index in [0.29, 0.717) is 31.5 Å². The van der Waals surface area contributed by atoms with Crippen LogP contribution in [0.5, 0.6) is 0 Å². The highest BCUT2D eigenvalue weighted by atomic mass is 32.1. The molecule has 1 aromatic rings. The zero-order chi connectivity index (χ0) is 17.6. The van der Waals surface area contributed by atoms with E-state index in [1.807, 2.05) is 5.38 Å². The number of amides is 2. The highest BCUT2D eigenvalue weighted by molar-refractivity contribution is 7.08. The number of methoxy groups -OCH3 is 1. The molecule has 132 valence electrons. The molecule has 2 N–H and O–H groups in total. The van der Waals surface area contributed by atoms with E-state index in [2.05, 4.69) is 5.32 Å². The van der Waals surface area contributed by atoms with Crippen LogP contribution < -0.4 is 5.32 Å². The molecule has 1 aromatic heterocycles. The molecule has 0 saturated carbocycles. The summed E-state index contributed by atoms with van der Waals surface area (Å²) in [5, 5.41) is 15.8. The number of carbonyl (C=O) groups is 3. The minimum atomic E-state index is -1.00. The van der Waals surface area contributed by atoms with Crippen molar-refractivity contribution in [3.63, 3.8) is 0 Å². The standard InChI is InChI=1S/C16H22N2O5S/c1-23-11-16(15(21)22)5-7-18(10-16)13(19)3-2-6-17-14(20)12-4-8-24-9-12/h4,8-9H,2-3,5-7,10-11H2,1H3,(H,17,20)(H,21,22). The molecule has 1 saturated heterocycles. The Labute approximate surface area is 144 Å². The zero-order valence-corrected chi connectivity index (χ0v) is 14.4. The summed E-state index contributed by atoms with van der Waals surface area (Å²) in [6.45, 7) is 1.12. The number of carbonyl (C=O) groups excluding carboxylic acids is 2. The molecular formula is C16H22N2O5S. The molecule has 2 rings (SSSR count). The van der Waals surface area contributed by atoms with E-state index in [4.69, 9.17) is 4.74 Å². The van der Waals surface area contributed by atoms with E-state index in [-0.39, 0.29) is 31.4 Å². The highest BCUT2D eigenvalue weighted by Gasteiger charge is 2.46. The third-order valence-corrected chi connectivity index (χ3v) is 4.90. The van der Waals surface area contributed by atoms with Gasteiger partial charge in [-0.2, -0.15) is 11.3 Å². The second-order valence-corrected chi connectivity index (χ2v) is 6.74. The van der Waals surface area contributed by atoms with Crippen molar-refractivity contribution in [1.29, 1.82) is 0 Å². The summed E-state index contributed by atoms with van der Waals surface area (Å²) in [7, 11) is 1.46. The van der Waals surface area contributed by atoms with Crippen molar-refractivity contribution in [2.24, 2.45) is 5.41 Å². The molecule has 0 radical (unpaired) electrons. The van der Waals surface area contributed by atoms with Gasteiger partial charge in [-0.1, -0.05) is 0 Å². The van der Waals surface area contributed by atoms with Gasteiger partial charge < -0.3 is 20.1 Å². The van der Waals surface area contributed by atoms with E-state index >= 15 is 0 Å². The van der Waals surface area contributed by atoms with Crippen LogP contribution in [-0.4, -0.2) is 61.1 Å². The molecular weight excluding hydrogens is 332 g/mol. The average Bonchev–Trinajstić information content (AvgIpc) is 3.21. The lowest BCUT2D eigenvalue weighted by Gasteiger charge is -2.23. The van der Waals surface area contributed by atoms with Crippen molar-refractivity contribution in [2.75, 3.05) is 33.4 Å². The minimum absolute atomic E-state index is 0.0842. The number of hydrogen-bond donors (Lipinski definition) is 2. The van der Waals surface area contributed by atoms with E-state index in [1.54, 1.807) is 16.3 Å². The first kappa shape index (κ1) is 18.4. The molecule has 1 aliphatic rings. The van der Waals surface area contributed by atoms with Gasteiger partial charge in [0, 0.05) is 44.1 Å². The molecule has 2 amide bonds. The molecule has 8 heteroatoms. The smallest absolute Gasteiger partial charge is 0.313 e. The van der Waals surface area contributed by atoms with Crippen LogP contribution in [0.1, 0.15) is 29.6 Å². The van der Waals surface area contributed by atoms with Gasteiger partial charge in [-0.15, -0.1) is 0 Å². The van der Waals surface area contributed by atoms with Gasteiger partial charge in [-0.3, -0.25) is 14.4 Å². The van der Waals surface area contributed by atoms with Crippen LogP contribution in [0.4, 0.5) is 0 Å². The SMILES string of the molecule is COCC1(C(=O)O)CCN(C(=O)CCCNC(=O)c2ccsc2)C1. The molecule has 0 spiro atoms. The van der Waals surface area contributed by atoms with Crippen LogP contribution in [0.2, 0.25) is 0 Å². The van der Waals surface area contributed by atoms with Crippen molar-refractivity contribution >= 4 is 29.1 Å². The average molecular weight is 354 g/mol. The Balaban J connectivity index is 1.73. The Morgan fingerprint density at radius 2 is 2.25 bits per heavy atom. The summed E-state index contributed by atoms with van der Waals surface area (Å²) < 4.78 is 5.01. The molecule has 1 unspecified atom stereocenters. The van der Waals surface area contributed by atoms with Gasteiger partial charge in [0.2, 0.25) is 5.91 Å². The lowest BCUT2D eigenvalue weighted by atomic mass is 9.88. The van der Waals surface area contributed by atoms with Crippen LogP contribution in [0.15, 0.2) is 16.8 Å². The molecule has 24 heavy (non-hydrogen) atoms. The minimum Gasteiger partial charge on any atom is -0.481 e. The van der Waals surface area contributed by atoms with Crippen LogP contribution >= 0.6 is 11.3 Å². The van der Waals surface area contributed by atoms with E-state index in [1.165, 1.54) is 18.4 Å². The van der Waals surface area contributed by atoms with E-state index in [9.17, 15) is 19.5 Å². The molecule has 1 aliphatic heterocycles. The van der Waals surface area contributed by atoms with Gasteiger partial charge in [-0.05, 0) is 24.3 Å². The van der Waals surface area contributed by atoms with Gasteiger partial charge in [-0.25, -0.2) is 0 Å². The van der Waals surface area contributed by atoms with Gasteiger partial charge in [0.05, 0.1) is 6.61 Å². The largest absolute Gasteiger partial charge is 0.481 e. The molecule has 0 aromatic carbocycles.